The predicted octanol–water partition coefficient (Wildman–Crippen LogP) is 3.93. The summed E-state index contributed by atoms with van der Waals surface area (Å²) in [4.78, 5) is 8.49. The molecule has 0 aliphatic rings. The predicted molar refractivity (Wildman–Crippen MR) is 84.7 cm³/mol. The van der Waals surface area contributed by atoms with Crippen LogP contribution < -0.4 is 10.5 Å². The molecule has 0 unspecified atom stereocenters. The van der Waals surface area contributed by atoms with Crippen molar-refractivity contribution in [1.29, 1.82) is 0 Å². The smallest absolute Gasteiger partial charge is 0.230 e. The lowest BCUT2D eigenvalue weighted by Gasteiger charge is -2.12. The number of fused-ring (bicyclic) bond motifs is 1. The van der Waals surface area contributed by atoms with Crippen LogP contribution in [0.25, 0.3) is 10.9 Å². The summed E-state index contributed by atoms with van der Waals surface area (Å²) in [6.45, 7) is 6.17. The second-order valence-corrected chi connectivity index (χ2v) is 5.26. The molecule has 2 N–H and O–H groups in total. The lowest BCUT2D eigenvalue weighted by molar-refractivity contribution is 0.464. The van der Waals surface area contributed by atoms with E-state index in [2.05, 4.69) is 29.9 Å². The van der Waals surface area contributed by atoms with E-state index in [-0.39, 0.29) is 0 Å². The van der Waals surface area contributed by atoms with Gasteiger partial charge >= 0.3 is 0 Å². The highest BCUT2D eigenvalue weighted by molar-refractivity contribution is 5.86. The molecule has 0 radical (unpaired) electrons. The number of rotatable bonds is 2. The molecular formula is C17H17N3O. The highest BCUT2D eigenvalue weighted by Gasteiger charge is 2.10. The first-order valence-corrected chi connectivity index (χ1v) is 6.80. The first kappa shape index (κ1) is 13.4. The summed E-state index contributed by atoms with van der Waals surface area (Å²) >= 11 is 0. The molecule has 1 heterocycles. The summed E-state index contributed by atoms with van der Waals surface area (Å²) in [5, 5.41) is 0.816. The van der Waals surface area contributed by atoms with Crippen molar-refractivity contribution in [2.24, 2.45) is 0 Å². The van der Waals surface area contributed by atoms with Crippen molar-refractivity contribution in [3.05, 3.63) is 53.3 Å². The average molecular weight is 279 g/mol. The highest BCUT2D eigenvalue weighted by Crippen LogP contribution is 2.31. The van der Waals surface area contributed by atoms with Crippen LogP contribution in [-0.2, 0) is 0 Å². The van der Waals surface area contributed by atoms with Crippen LogP contribution in [0.5, 0.6) is 11.6 Å². The third kappa shape index (κ3) is 2.52. The van der Waals surface area contributed by atoms with E-state index in [0.29, 0.717) is 11.6 Å². The van der Waals surface area contributed by atoms with Gasteiger partial charge in [0.1, 0.15) is 12.1 Å². The zero-order valence-corrected chi connectivity index (χ0v) is 12.3. The lowest BCUT2D eigenvalue weighted by Crippen LogP contribution is -1.96. The van der Waals surface area contributed by atoms with Gasteiger partial charge in [0.25, 0.3) is 0 Å². The molecule has 0 saturated heterocycles. The molecule has 106 valence electrons. The van der Waals surface area contributed by atoms with Gasteiger partial charge in [0.15, 0.2) is 0 Å². The molecule has 0 aliphatic carbocycles. The standard InChI is InChI=1S/C17H17N3O/c1-10-6-11(2)12(3)16(7-10)21-17-14-8-13(18)4-5-15(14)19-9-20-17/h4-9H,18H2,1-3H3. The third-order valence-corrected chi connectivity index (χ3v) is 3.59. The van der Waals surface area contributed by atoms with Gasteiger partial charge in [0, 0.05) is 5.69 Å². The molecular weight excluding hydrogens is 262 g/mol. The van der Waals surface area contributed by atoms with Gasteiger partial charge in [0.05, 0.1) is 10.9 Å². The van der Waals surface area contributed by atoms with E-state index in [0.717, 1.165) is 27.8 Å². The molecule has 4 nitrogen and oxygen atoms in total. The number of benzene rings is 2. The Bertz CT molecular complexity index is 828. The molecule has 0 spiro atoms. The van der Waals surface area contributed by atoms with Crippen LogP contribution in [0.4, 0.5) is 5.69 Å². The summed E-state index contributed by atoms with van der Waals surface area (Å²) in [7, 11) is 0. The number of nitrogen functional groups attached to an aromatic ring is 1. The average Bonchev–Trinajstić information content (AvgIpc) is 2.45. The lowest BCUT2D eigenvalue weighted by atomic mass is 10.1. The molecule has 0 atom stereocenters. The minimum Gasteiger partial charge on any atom is -0.438 e. The van der Waals surface area contributed by atoms with E-state index in [9.17, 15) is 0 Å². The number of nitrogens with zero attached hydrogens (tertiary/aromatic N) is 2. The van der Waals surface area contributed by atoms with Gasteiger partial charge < -0.3 is 10.5 Å². The van der Waals surface area contributed by atoms with Crippen LogP contribution in [0.2, 0.25) is 0 Å². The maximum atomic E-state index is 6.03. The van der Waals surface area contributed by atoms with Gasteiger partial charge in [-0.2, -0.15) is 0 Å². The first-order chi connectivity index (χ1) is 10.0. The number of anilines is 1. The van der Waals surface area contributed by atoms with Gasteiger partial charge in [0.2, 0.25) is 5.88 Å². The normalized spacial score (nSPS) is 10.8. The third-order valence-electron chi connectivity index (χ3n) is 3.59. The van der Waals surface area contributed by atoms with Crippen molar-refractivity contribution in [1.82, 2.24) is 9.97 Å². The Kier molecular flexibility index (Phi) is 3.22. The van der Waals surface area contributed by atoms with Crippen LogP contribution in [0.3, 0.4) is 0 Å². The maximum absolute atomic E-state index is 6.03. The fourth-order valence-electron chi connectivity index (χ4n) is 2.34. The maximum Gasteiger partial charge on any atom is 0.230 e. The Balaban J connectivity index is 2.12. The highest BCUT2D eigenvalue weighted by atomic mass is 16.5. The van der Waals surface area contributed by atoms with Crippen molar-refractivity contribution in [3.8, 4) is 11.6 Å². The number of aromatic nitrogens is 2. The summed E-state index contributed by atoms with van der Waals surface area (Å²) < 4.78 is 6.03. The molecule has 4 heteroatoms. The molecule has 3 rings (SSSR count). The zero-order valence-electron chi connectivity index (χ0n) is 12.3. The summed E-state index contributed by atoms with van der Waals surface area (Å²) in [5.74, 6) is 1.34. The van der Waals surface area contributed by atoms with Gasteiger partial charge in [-0.25, -0.2) is 9.97 Å². The number of hydrogen-bond acceptors (Lipinski definition) is 4. The van der Waals surface area contributed by atoms with Gasteiger partial charge in [-0.05, 0) is 61.7 Å². The fourth-order valence-corrected chi connectivity index (χ4v) is 2.34. The number of ether oxygens (including phenoxy) is 1. The van der Waals surface area contributed by atoms with Crippen LogP contribution in [0.15, 0.2) is 36.7 Å². The van der Waals surface area contributed by atoms with E-state index in [4.69, 9.17) is 10.5 Å². The summed E-state index contributed by atoms with van der Waals surface area (Å²) in [6, 6.07) is 9.68. The summed E-state index contributed by atoms with van der Waals surface area (Å²) in [5.41, 5.74) is 10.8. The molecule has 3 aromatic rings. The van der Waals surface area contributed by atoms with Gasteiger partial charge in [-0.3, -0.25) is 0 Å². The molecule has 1 aromatic heterocycles. The summed E-state index contributed by atoms with van der Waals surface area (Å²) in [6.07, 6.45) is 1.51. The fraction of sp³-hybridized carbons (Fsp3) is 0.176. The number of hydrogen-bond donors (Lipinski definition) is 1. The minimum atomic E-state index is 0.528. The Morgan fingerprint density at radius 2 is 1.81 bits per heavy atom. The second kappa shape index (κ2) is 5.05. The van der Waals surface area contributed by atoms with E-state index >= 15 is 0 Å². The molecule has 0 saturated carbocycles. The first-order valence-electron chi connectivity index (χ1n) is 6.80. The van der Waals surface area contributed by atoms with Gasteiger partial charge in [-0.15, -0.1) is 0 Å². The van der Waals surface area contributed by atoms with E-state index in [1.54, 1.807) is 0 Å². The minimum absolute atomic E-state index is 0.528. The Labute approximate surface area is 123 Å². The van der Waals surface area contributed by atoms with Crippen molar-refractivity contribution in [2.45, 2.75) is 20.8 Å². The SMILES string of the molecule is Cc1cc(C)c(C)c(Oc2ncnc3ccc(N)cc23)c1. The van der Waals surface area contributed by atoms with Crippen molar-refractivity contribution in [2.75, 3.05) is 5.73 Å². The van der Waals surface area contributed by atoms with Crippen LogP contribution in [0, 0.1) is 20.8 Å². The van der Waals surface area contributed by atoms with Crippen molar-refractivity contribution >= 4 is 16.6 Å². The Hall–Kier alpha value is -2.62. The topological polar surface area (TPSA) is 61.0 Å². The Morgan fingerprint density at radius 3 is 2.62 bits per heavy atom. The van der Waals surface area contributed by atoms with E-state index < -0.39 is 0 Å². The molecule has 2 aromatic carbocycles. The van der Waals surface area contributed by atoms with Crippen LogP contribution >= 0.6 is 0 Å². The quantitative estimate of drug-likeness (QED) is 0.722. The zero-order chi connectivity index (χ0) is 15.0. The van der Waals surface area contributed by atoms with Gasteiger partial charge in [-0.1, -0.05) is 6.07 Å². The largest absolute Gasteiger partial charge is 0.438 e. The molecule has 0 aliphatic heterocycles. The van der Waals surface area contributed by atoms with Crippen molar-refractivity contribution < 1.29 is 4.74 Å². The molecule has 0 amide bonds. The monoisotopic (exact) mass is 279 g/mol. The molecule has 0 fully saturated rings. The van der Waals surface area contributed by atoms with E-state index in [1.807, 2.05) is 31.2 Å². The number of nitrogens with two attached hydrogens (primary N) is 1. The number of aryl methyl sites for hydroxylation is 2. The second-order valence-electron chi connectivity index (χ2n) is 5.26. The van der Waals surface area contributed by atoms with Crippen LogP contribution in [-0.4, -0.2) is 9.97 Å². The van der Waals surface area contributed by atoms with Crippen LogP contribution in [0.1, 0.15) is 16.7 Å². The van der Waals surface area contributed by atoms with E-state index in [1.165, 1.54) is 11.9 Å². The van der Waals surface area contributed by atoms with Crippen molar-refractivity contribution in [3.63, 3.8) is 0 Å². The molecule has 0 bridgehead atoms. The Morgan fingerprint density at radius 1 is 1.00 bits per heavy atom. The molecule has 21 heavy (non-hydrogen) atoms.